The lowest BCUT2D eigenvalue weighted by Gasteiger charge is -2.18. The first-order chi connectivity index (χ1) is 10.8. The molecule has 0 aliphatic heterocycles. The molecule has 0 bridgehead atoms. The predicted octanol–water partition coefficient (Wildman–Crippen LogP) is 0.608. The van der Waals surface area contributed by atoms with Crippen LogP contribution < -0.4 is 10.6 Å². The van der Waals surface area contributed by atoms with Gasteiger partial charge in [-0.05, 0) is 24.1 Å². The van der Waals surface area contributed by atoms with E-state index in [9.17, 15) is 24.2 Å². The second-order valence-corrected chi connectivity index (χ2v) is 7.15. The van der Waals surface area contributed by atoms with E-state index in [1.807, 2.05) is 0 Å². The lowest BCUT2D eigenvalue weighted by Crippen LogP contribution is -2.11. The van der Waals surface area contributed by atoms with Gasteiger partial charge in [0.25, 0.3) is 0 Å². The summed E-state index contributed by atoms with van der Waals surface area (Å²) in [4.78, 5) is 35.0. The van der Waals surface area contributed by atoms with Gasteiger partial charge in [-0.1, -0.05) is 12.1 Å². The van der Waals surface area contributed by atoms with Crippen molar-refractivity contribution in [2.24, 2.45) is 5.90 Å². The molecule has 0 saturated heterocycles. The molecule has 0 spiro atoms. The highest BCUT2D eigenvalue weighted by molar-refractivity contribution is 7.58. The number of nitrogens with two attached hydrogens (primary N) is 1. The molecular weight excluding hydrogens is 329 g/mol. The van der Waals surface area contributed by atoms with Crippen LogP contribution in [0, 0.1) is 0 Å². The predicted molar refractivity (Wildman–Crippen MR) is 78.7 cm³/mol. The average molecular weight is 347 g/mol. The SMILES string of the molecule is NOC(=O)CCCP(=O)(O)[C@H](O)c1ccc(OCC(=O)O)cc1. The summed E-state index contributed by atoms with van der Waals surface area (Å²) >= 11 is 0. The number of aliphatic hydroxyl groups excluding tert-OH is 1. The van der Waals surface area contributed by atoms with E-state index in [1.165, 1.54) is 24.3 Å². The van der Waals surface area contributed by atoms with Gasteiger partial charge in [-0.15, -0.1) is 0 Å². The van der Waals surface area contributed by atoms with Crippen LogP contribution in [-0.4, -0.2) is 39.8 Å². The van der Waals surface area contributed by atoms with Gasteiger partial charge in [0.05, 0.1) is 0 Å². The Hall–Kier alpha value is -1.93. The molecular formula is C13H18NO8P. The van der Waals surface area contributed by atoms with Crippen LogP contribution in [0.4, 0.5) is 0 Å². The van der Waals surface area contributed by atoms with Crippen molar-refractivity contribution in [2.75, 3.05) is 12.8 Å². The fourth-order valence-electron chi connectivity index (χ4n) is 1.75. The molecule has 1 unspecified atom stereocenters. The minimum Gasteiger partial charge on any atom is -0.482 e. The number of aliphatic hydroxyl groups is 1. The molecule has 0 aliphatic rings. The Kier molecular flexibility index (Phi) is 7.18. The van der Waals surface area contributed by atoms with Gasteiger partial charge >= 0.3 is 11.9 Å². The molecule has 1 aromatic rings. The molecule has 9 nitrogen and oxygen atoms in total. The van der Waals surface area contributed by atoms with Crippen LogP contribution in [0.15, 0.2) is 24.3 Å². The molecule has 1 rings (SSSR count). The van der Waals surface area contributed by atoms with Gasteiger partial charge in [0.2, 0.25) is 7.37 Å². The summed E-state index contributed by atoms with van der Waals surface area (Å²) in [7, 11) is -3.95. The van der Waals surface area contributed by atoms with E-state index in [2.05, 4.69) is 10.7 Å². The fraction of sp³-hybridized carbons (Fsp3) is 0.385. The largest absolute Gasteiger partial charge is 0.482 e. The molecule has 0 fully saturated rings. The number of carboxylic acid groups (broad SMARTS) is 1. The summed E-state index contributed by atoms with van der Waals surface area (Å²) in [5, 5.41) is 18.5. The molecule has 128 valence electrons. The molecule has 23 heavy (non-hydrogen) atoms. The van der Waals surface area contributed by atoms with E-state index in [-0.39, 0.29) is 30.3 Å². The first kappa shape index (κ1) is 19.1. The molecule has 0 amide bonds. The Morgan fingerprint density at radius 3 is 2.39 bits per heavy atom. The van der Waals surface area contributed by atoms with Crippen LogP contribution in [0.1, 0.15) is 24.3 Å². The average Bonchev–Trinajstić information content (AvgIpc) is 2.52. The van der Waals surface area contributed by atoms with Gasteiger partial charge in [0.15, 0.2) is 12.5 Å². The van der Waals surface area contributed by atoms with Crippen LogP contribution in [0.25, 0.3) is 0 Å². The lowest BCUT2D eigenvalue weighted by molar-refractivity contribution is -0.144. The number of hydrogen-bond donors (Lipinski definition) is 4. The van der Waals surface area contributed by atoms with Gasteiger partial charge in [0.1, 0.15) is 5.75 Å². The van der Waals surface area contributed by atoms with E-state index >= 15 is 0 Å². The maximum absolute atomic E-state index is 12.1. The number of aliphatic carboxylic acids is 1. The monoisotopic (exact) mass is 347 g/mol. The van der Waals surface area contributed by atoms with E-state index in [0.29, 0.717) is 0 Å². The summed E-state index contributed by atoms with van der Waals surface area (Å²) in [6.45, 7) is -0.516. The van der Waals surface area contributed by atoms with Crippen LogP contribution in [-0.2, 0) is 19.0 Å². The van der Waals surface area contributed by atoms with Crippen molar-refractivity contribution in [3.8, 4) is 5.75 Å². The second-order valence-electron chi connectivity index (χ2n) is 4.70. The quantitative estimate of drug-likeness (QED) is 0.371. The molecule has 0 radical (unpaired) electrons. The number of carboxylic acids is 1. The lowest BCUT2D eigenvalue weighted by atomic mass is 10.2. The van der Waals surface area contributed by atoms with Crippen molar-refractivity contribution in [2.45, 2.75) is 18.7 Å². The van der Waals surface area contributed by atoms with Gasteiger partial charge in [-0.3, -0.25) is 9.36 Å². The number of benzene rings is 1. The standard InChI is InChI=1S/C13H18NO8P/c14-22-12(17)2-1-7-23(19,20)13(18)9-3-5-10(6-4-9)21-8-11(15)16/h3-6,13,18H,1-2,7-8,14H2,(H,15,16)(H,19,20)/t13-/m0/s1. The third-order valence-corrected chi connectivity index (χ3v) is 4.93. The van der Waals surface area contributed by atoms with Crippen molar-refractivity contribution in [3.63, 3.8) is 0 Å². The van der Waals surface area contributed by atoms with Crippen molar-refractivity contribution >= 4 is 19.3 Å². The van der Waals surface area contributed by atoms with E-state index < -0.39 is 31.8 Å². The highest BCUT2D eigenvalue weighted by Crippen LogP contribution is 2.54. The maximum Gasteiger partial charge on any atom is 0.341 e. The highest BCUT2D eigenvalue weighted by Gasteiger charge is 2.30. The molecule has 0 aromatic heterocycles. The smallest absolute Gasteiger partial charge is 0.341 e. The minimum atomic E-state index is -3.95. The minimum absolute atomic E-state index is 0.0423. The van der Waals surface area contributed by atoms with Crippen molar-refractivity contribution < 1.29 is 38.8 Å². The van der Waals surface area contributed by atoms with Crippen LogP contribution in [0.3, 0.4) is 0 Å². The Morgan fingerprint density at radius 1 is 1.26 bits per heavy atom. The normalized spacial score (nSPS) is 14.6. The Bertz CT molecular complexity index is 588. The summed E-state index contributed by atoms with van der Waals surface area (Å²) < 4.78 is 17.0. The zero-order valence-electron chi connectivity index (χ0n) is 12.1. The van der Waals surface area contributed by atoms with Gasteiger partial charge < -0.3 is 24.7 Å². The van der Waals surface area contributed by atoms with Gasteiger partial charge in [-0.2, -0.15) is 5.90 Å². The Labute approximate surface area is 132 Å². The molecule has 2 atom stereocenters. The topological polar surface area (TPSA) is 156 Å². The van der Waals surface area contributed by atoms with Crippen LogP contribution in [0.2, 0.25) is 0 Å². The summed E-state index contributed by atoms with van der Waals surface area (Å²) in [5.41, 5.74) is 0.180. The molecule has 0 aliphatic carbocycles. The van der Waals surface area contributed by atoms with Gasteiger partial charge in [-0.25, -0.2) is 4.79 Å². The number of carbonyl (C=O) groups excluding carboxylic acids is 1. The zero-order valence-corrected chi connectivity index (χ0v) is 13.0. The van der Waals surface area contributed by atoms with Crippen molar-refractivity contribution in [3.05, 3.63) is 29.8 Å². The first-order valence-electron chi connectivity index (χ1n) is 6.60. The first-order valence-corrected chi connectivity index (χ1v) is 8.51. The third-order valence-electron chi connectivity index (χ3n) is 2.91. The van der Waals surface area contributed by atoms with Gasteiger partial charge in [0, 0.05) is 12.6 Å². The summed E-state index contributed by atoms with van der Waals surface area (Å²) in [6, 6.07) is 5.48. The molecule has 1 aromatic carbocycles. The molecule has 10 heteroatoms. The highest BCUT2D eigenvalue weighted by atomic mass is 31.2. The second kappa shape index (κ2) is 8.64. The maximum atomic E-state index is 12.1. The number of carbonyl (C=O) groups is 2. The Balaban J connectivity index is 2.64. The number of ether oxygens (including phenoxy) is 1. The number of hydrogen-bond acceptors (Lipinski definition) is 7. The van der Waals surface area contributed by atoms with E-state index in [1.54, 1.807) is 0 Å². The number of rotatable bonds is 9. The molecule has 5 N–H and O–H groups in total. The summed E-state index contributed by atoms with van der Waals surface area (Å²) in [5.74, 6) is 1.44. The van der Waals surface area contributed by atoms with Crippen molar-refractivity contribution in [1.29, 1.82) is 0 Å². The zero-order chi connectivity index (χ0) is 17.5. The third kappa shape index (κ3) is 6.37. The van der Waals surface area contributed by atoms with Crippen LogP contribution in [0.5, 0.6) is 5.75 Å². The summed E-state index contributed by atoms with van der Waals surface area (Å²) in [6.07, 6.45) is -0.364. The molecule has 0 saturated carbocycles. The molecule has 0 heterocycles. The van der Waals surface area contributed by atoms with Crippen molar-refractivity contribution in [1.82, 2.24) is 0 Å². The fourth-order valence-corrected chi connectivity index (χ4v) is 3.24. The van der Waals surface area contributed by atoms with E-state index in [4.69, 9.17) is 9.84 Å². The van der Waals surface area contributed by atoms with Crippen LogP contribution >= 0.6 is 7.37 Å². The Morgan fingerprint density at radius 2 is 1.87 bits per heavy atom. The van der Waals surface area contributed by atoms with E-state index in [0.717, 1.165) is 0 Å².